The van der Waals surface area contributed by atoms with Crippen molar-refractivity contribution in [3.8, 4) is 22.3 Å². The van der Waals surface area contributed by atoms with Crippen LogP contribution in [0.25, 0.3) is 65.7 Å². The Bertz CT molecular complexity index is 2510. The minimum absolute atomic E-state index is 0.880. The summed E-state index contributed by atoms with van der Waals surface area (Å²) in [6.45, 7) is 0. The minimum Gasteiger partial charge on any atom is -0.456 e. The third-order valence-corrected chi connectivity index (χ3v) is 9.06. The fraction of sp³-hybridized carbons (Fsp3) is 0. The number of rotatable bonds is 5. The van der Waals surface area contributed by atoms with Crippen LogP contribution >= 0.6 is 0 Å². The van der Waals surface area contributed by atoms with Crippen LogP contribution in [0.4, 0.5) is 17.1 Å². The van der Waals surface area contributed by atoms with E-state index >= 15 is 0 Å². The van der Waals surface area contributed by atoms with E-state index < -0.39 is 0 Å². The summed E-state index contributed by atoms with van der Waals surface area (Å²) in [6.07, 6.45) is 0. The molecule has 0 aliphatic rings. The van der Waals surface area contributed by atoms with E-state index in [0.717, 1.165) is 39.0 Å². The van der Waals surface area contributed by atoms with E-state index in [1.165, 1.54) is 43.8 Å². The molecule has 0 fully saturated rings. The van der Waals surface area contributed by atoms with Crippen LogP contribution in [0.1, 0.15) is 0 Å². The summed E-state index contributed by atoms with van der Waals surface area (Å²) in [6, 6.07) is 62.8. The van der Waals surface area contributed by atoms with Gasteiger partial charge in [-0.1, -0.05) is 121 Å². The Morgan fingerprint density at radius 1 is 0.304 bits per heavy atom. The van der Waals surface area contributed by atoms with E-state index in [2.05, 4.69) is 169 Å². The Hall–Kier alpha value is -6.12. The Morgan fingerprint density at radius 2 is 0.826 bits per heavy atom. The lowest BCUT2D eigenvalue weighted by Gasteiger charge is -2.26. The molecule has 0 saturated carbocycles. The van der Waals surface area contributed by atoms with E-state index in [1.807, 2.05) is 12.1 Å². The summed E-state index contributed by atoms with van der Waals surface area (Å²) in [5, 5.41) is 7.35. The molecule has 2 nitrogen and oxygen atoms in total. The van der Waals surface area contributed by atoms with Crippen LogP contribution in [0.5, 0.6) is 0 Å². The second kappa shape index (κ2) is 10.8. The van der Waals surface area contributed by atoms with Crippen LogP contribution in [0, 0.1) is 0 Å². The number of nitrogens with zero attached hydrogens (tertiary/aromatic N) is 1. The zero-order chi connectivity index (χ0) is 30.5. The highest BCUT2D eigenvalue weighted by Crippen LogP contribution is 2.40. The standard InChI is InChI=1S/C44H29NO/c1-2-8-30(9-3-1)31-16-21-36(22-17-31)45(38-25-27-42-41-12-6-7-13-43(41)46-44(42)29-38)37-23-18-32(19-24-37)34-20-26-40-35(28-34)15-14-33-10-4-5-11-39(33)40/h1-29H. The smallest absolute Gasteiger partial charge is 0.137 e. The lowest BCUT2D eigenvalue weighted by atomic mass is 9.97. The van der Waals surface area contributed by atoms with Crippen molar-refractivity contribution in [3.05, 3.63) is 176 Å². The molecule has 0 spiro atoms. The van der Waals surface area contributed by atoms with Gasteiger partial charge in [0.1, 0.15) is 11.2 Å². The summed E-state index contributed by atoms with van der Waals surface area (Å²) in [4.78, 5) is 2.30. The van der Waals surface area contributed by atoms with Gasteiger partial charge in [0.05, 0.1) is 0 Å². The van der Waals surface area contributed by atoms with Crippen molar-refractivity contribution in [2.75, 3.05) is 4.90 Å². The highest BCUT2D eigenvalue weighted by Gasteiger charge is 2.16. The number of fused-ring (bicyclic) bond motifs is 6. The number of anilines is 3. The van der Waals surface area contributed by atoms with E-state index in [0.29, 0.717) is 0 Å². The van der Waals surface area contributed by atoms with Crippen molar-refractivity contribution in [1.29, 1.82) is 0 Å². The predicted molar refractivity (Wildman–Crippen MR) is 194 cm³/mol. The van der Waals surface area contributed by atoms with Gasteiger partial charge in [-0.25, -0.2) is 0 Å². The average molecular weight is 588 g/mol. The molecule has 0 saturated heterocycles. The molecular formula is C44H29NO. The lowest BCUT2D eigenvalue weighted by Crippen LogP contribution is -2.09. The van der Waals surface area contributed by atoms with Crippen LogP contribution < -0.4 is 4.90 Å². The molecule has 9 aromatic rings. The minimum atomic E-state index is 0.880. The van der Waals surface area contributed by atoms with Crippen LogP contribution in [0.3, 0.4) is 0 Å². The zero-order valence-electron chi connectivity index (χ0n) is 25.1. The molecule has 46 heavy (non-hydrogen) atoms. The second-order valence-corrected chi connectivity index (χ2v) is 11.8. The Balaban J connectivity index is 1.13. The molecule has 0 N–H and O–H groups in total. The molecule has 216 valence electrons. The number of furan rings is 1. The molecule has 1 heterocycles. The first-order chi connectivity index (χ1) is 22.8. The largest absolute Gasteiger partial charge is 0.456 e. The van der Waals surface area contributed by atoms with Gasteiger partial charge in [-0.3, -0.25) is 0 Å². The molecule has 9 rings (SSSR count). The molecule has 8 aromatic carbocycles. The predicted octanol–water partition coefficient (Wildman–Crippen LogP) is 12.7. The van der Waals surface area contributed by atoms with Crippen molar-refractivity contribution in [2.24, 2.45) is 0 Å². The number of benzene rings is 8. The van der Waals surface area contributed by atoms with E-state index in [-0.39, 0.29) is 0 Å². The molecule has 0 aliphatic heterocycles. The molecule has 1 aromatic heterocycles. The normalized spacial score (nSPS) is 11.5. The van der Waals surface area contributed by atoms with E-state index in [9.17, 15) is 0 Å². The number of para-hydroxylation sites is 1. The van der Waals surface area contributed by atoms with Gasteiger partial charge in [-0.15, -0.1) is 0 Å². The molecular weight excluding hydrogens is 558 g/mol. The van der Waals surface area contributed by atoms with Crippen LogP contribution in [-0.2, 0) is 0 Å². The van der Waals surface area contributed by atoms with Gasteiger partial charge in [0.15, 0.2) is 0 Å². The molecule has 0 unspecified atom stereocenters. The molecule has 0 atom stereocenters. The molecule has 0 aliphatic carbocycles. The van der Waals surface area contributed by atoms with Gasteiger partial charge < -0.3 is 9.32 Å². The van der Waals surface area contributed by atoms with Crippen molar-refractivity contribution in [1.82, 2.24) is 0 Å². The van der Waals surface area contributed by atoms with Gasteiger partial charge in [-0.05, 0) is 92.3 Å². The van der Waals surface area contributed by atoms with Crippen molar-refractivity contribution >= 4 is 60.5 Å². The molecule has 0 amide bonds. The van der Waals surface area contributed by atoms with Gasteiger partial charge in [0, 0.05) is 33.9 Å². The third-order valence-electron chi connectivity index (χ3n) is 9.06. The maximum absolute atomic E-state index is 6.30. The third kappa shape index (κ3) is 4.51. The van der Waals surface area contributed by atoms with Gasteiger partial charge in [-0.2, -0.15) is 0 Å². The lowest BCUT2D eigenvalue weighted by molar-refractivity contribution is 0.669. The SMILES string of the molecule is c1ccc(-c2ccc(N(c3ccc(-c4ccc5c(ccc6ccccc65)c4)cc3)c3ccc4c(c3)oc3ccccc34)cc2)cc1. The topological polar surface area (TPSA) is 16.4 Å². The van der Waals surface area contributed by atoms with E-state index in [4.69, 9.17) is 4.42 Å². The fourth-order valence-electron chi connectivity index (χ4n) is 6.73. The summed E-state index contributed by atoms with van der Waals surface area (Å²) < 4.78 is 6.30. The Morgan fingerprint density at radius 3 is 1.61 bits per heavy atom. The monoisotopic (exact) mass is 587 g/mol. The fourth-order valence-corrected chi connectivity index (χ4v) is 6.73. The highest BCUT2D eigenvalue weighted by atomic mass is 16.3. The van der Waals surface area contributed by atoms with Crippen molar-refractivity contribution in [2.45, 2.75) is 0 Å². The Labute approximate surface area is 267 Å². The van der Waals surface area contributed by atoms with Gasteiger partial charge in [0.25, 0.3) is 0 Å². The van der Waals surface area contributed by atoms with Crippen LogP contribution in [-0.4, -0.2) is 0 Å². The van der Waals surface area contributed by atoms with Crippen LogP contribution in [0.15, 0.2) is 180 Å². The molecule has 0 bridgehead atoms. The highest BCUT2D eigenvalue weighted by molar-refractivity contribution is 6.08. The Kier molecular flexibility index (Phi) is 6.17. The summed E-state index contributed by atoms with van der Waals surface area (Å²) in [5.41, 5.74) is 9.78. The average Bonchev–Trinajstić information content (AvgIpc) is 3.50. The van der Waals surface area contributed by atoms with Crippen molar-refractivity contribution in [3.63, 3.8) is 0 Å². The first-order valence-electron chi connectivity index (χ1n) is 15.7. The first kappa shape index (κ1) is 26.3. The number of hydrogen-bond acceptors (Lipinski definition) is 2. The van der Waals surface area contributed by atoms with Gasteiger partial charge in [0.2, 0.25) is 0 Å². The molecule has 0 radical (unpaired) electrons. The summed E-state index contributed by atoms with van der Waals surface area (Å²) >= 11 is 0. The summed E-state index contributed by atoms with van der Waals surface area (Å²) in [5.74, 6) is 0. The quantitative estimate of drug-likeness (QED) is 0.186. The number of hydrogen-bond donors (Lipinski definition) is 0. The maximum Gasteiger partial charge on any atom is 0.137 e. The summed E-state index contributed by atoms with van der Waals surface area (Å²) in [7, 11) is 0. The van der Waals surface area contributed by atoms with Crippen molar-refractivity contribution < 1.29 is 4.42 Å². The van der Waals surface area contributed by atoms with E-state index in [1.54, 1.807) is 0 Å². The van der Waals surface area contributed by atoms with Crippen LogP contribution in [0.2, 0.25) is 0 Å². The molecule has 2 heteroatoms. The zero-order valence-corrected chi connectivity index (χ0v) is 25.1. The maximum atomic E-state index is 6.30. The first-order valence-corrected chi connectivity index (χ1v) is 15.7. The van der Waals surface area contributed by atoms with Gasteiger partial charge >= 0.3 is 0 Å². The second-order valence-electron chi connectivity index (χ2n) is 11.8.